The van der Waals surface area contributed by atoms with Gasteiger partial charge in [0.25, 0.3) is 0 Å². The van der Waals surface area contributed by atoms with E-state index in [-0.39, 0.29) is 12.5 Å². The number of ether oxygens (including phenoxy) is 1. The minimum Gasteiger partial charge on any atom is -0.480 e. The van der Waals surface area contributed by atoms with Gasteiger partial charge in [-0.3, -0.25) is 0 Å². The van der Waals surface area contributed by atoms with Crippen LogP contribution in [0.1, 0.15) is 12.1 Å². The summed E-state index contributed by atoms with van der Waals surface area (Å²) in [6.07, 6.45) is 3.89. The van der Waals surface area contributed by atoms with Crippen LogP contribution in [0.4, 0.5) is 4.79 Å². The van der Waals surface area contributed by atoms with Gasteiger partial charge in [-0.15, -0.1) is 0 Å². The molecule has 1 aromatic heterocycles. The van der Waals surface area contributed by atoms with E-state index in [2.05, 4.69) is 20.6 Å². The first-order chi connectivity index (χ1) is 9.15. The second-order valence-corrected chi connectivity index (χ2v) is 4.35. The van der Waals surface area contributed by atoms with Gasteiger partial charge in [0, 0.05) is 24.9 Å². The van der Waals surface area contributed by atoms with E-state index in [9.17, 15) is 9.59 Å². The molecule has 2 heterocycles. The molecular weight excluding hydrogens is 252 g/mol. The van der Waals surface area contributed by atoms with Gasteiger partial charge in [0.2, 0.25) is 0 Å². The summed E-state index contributed by atoms with van der Waals surface area (Å²) in [5, 5.41) is 14.2. The SMILES string of the molecule is O=C(NC1CCOC1)N[C@@H](Cc1cnc[nH]1)C(=O)O. The number of imidazole rings is 1. The Labute approximate surface area is 109 Å². The van der Waals surface area contributed by atoms with Crippen molar-refractivity contribution in [3.8, 4) is 0 Å². The molecule has 1 aliphatic rings. The number of carboxylic acids is 1. The molecule has 0 radical (unpaired) electrons. The highest BCUT2D eigenvalue weighted by Crippen LogP contribution is 2.03. The number of carbonyl (C=O) groups is 2. The van der Waals surface area contributed by atoms with E-state index in [0.29, 0.717) is 18.9 Å². The Kier molecular flexibility index (Phi) is 4.35. The first kappa shape index (κ1) is 13.3. The zero-order chi connectivity index (χ0) is 13.7. The molecule has 1 aromatic rings. The van der Waals surface area contributed by atoms with Crippen LogP contribution < -0.4 is 10.6 Å². The third kappa shape index (κ3) is 3.95. The van der Waals surface area contributed by atoms with Crippen molar-refractivity contribution in [2.75, 3.05) is 13.2 Å². The molecule has 1 fully saturated rings. The van der Waals surface area contributed by atoms with Crippen LogP contribution in [-0.2, 0) is 16.0 Å². The van der Waals surface area contributed by atoms with Gasteiger partial charge in [-0.1, -0.05) is 0 Å². The number of nitrogens with one attached hydrogen (secondary N) is 3. The Balaban J connectivity index is 1.85. The molecule has 0 spiro atoms. The average molecular weight is 268 g/mol. The topological polar surface area (TPSA) is 116 Å². The molecule has 0 aliphatic carbocycles. The van der Waals surface area contributed by atoms with E-state index in [0.717, 1.165) is 6.42 Å². The summed E-state index contributed by atoms with van der Waals surface area (Å²) in [7, 11) is 0. The predicted molar refractivity (Wildman–Crippen MR) is 64.6 cm³/mol. The number of H-pyrrole nitrogens is 1. The molecule has 0 saturated carbocycles. The smallest absolute Gasteiger partial charge is 0.326 e. The predicted octanol–water partition coefficient (Wildman–Crippen LogP) is -0.506. The van der Waals surface area contributed by atoms with Crippen LogP contribution in [0.2, 0.25) is 0 Å². The monoisotopic (exact) mass is 268 g/mol. The van der Waals surface area contributed by atoms with Crippen LogP contribution in [0.5, 0.6) is 0 Å². The number of aliphatic carboxylic acids is 1. The number of aromatic amines is 1. The van der Waals surface area contributed by atoms with Gasteiger partial charge >= 0.3 is 12.0 Å². The molecule has 2 amide bonds. The number of amides is 2. The minimum absolute atomic E-state index is 0.0541. The van der Waals surface area contributed by atoms with Gasteiger partial charge in [0.15, 0.2) is 0 Å². The molecule has 1 saturated heterocycles. The second kappa shape index (κ2) is 6.19. The van der Waals surface area contributed by atoms with Crippen LogP contribution in [0, 0.1) is 0 Å². The lowest BCUT2D eigenvalue weighted by molar-refractivity contribution is -0.139. The Morgan fingerprint density at radius 3 is 3.05 bits per heavy atom. The molecule has 0 aromatic carbocycles. The first-order valence-electron chi connectivity index (χ1n) is 6.00. The summed E-state index contributed by atoms with van der Waals surface area (Å²) in [5.74, 6) is -1.09. The van der Waals surface area contributed by atoms with Crippen molar-refractivity contribution in [1.29, 1.82) is 0 Å². The van der Waals surface area contributed by atoms with Crippen molar-refractivity contribution < 1.29 is 19.4 Å². The molecule has 4 N–H and O–H groups in total. The quantitative estimate of drug-likeness (QED) is 0.574. The molecule has 104 valence electrons. The minimum atomic E-state index is -1.09. The first-order valence-corrected chi connectivity index (χ1v) is 6.00. The lowest BCUT2D eigenvalue weighted by atomic mass is 10.1. The Hall–Kier alpha value is -2.09. The van der Waals surface area contributed by atoms with E-state index in [4.69, 9.17) is 9.84 Å². The van der Waals surface area contributed by atoms with Crippen molar-refractivity contribution in [2.45, 2.75) is 24.9 Å². The van der Waals surface area contributed by atoms with Crippen LogP contribution in [0.15, 0.2) is 12.5 Å². The van der Waals surface area contributed by atoms with Gasteiger partial charge in [0.1, 0.15) is 6.04 Å². The number of hydrogen-bond donors (Lipinski definition) is 4. The van der Waals surface area contributed by atoms with Crippen LogP contribution in [0.25, 0.3) is 0 Å². The van der Waals surface area contributed by atoms with Crippen molar-refractivity contribution >= 4 is 12.0 Å². The zero-order valence-electron chi connectivity index (χ0n) is 10.3. The summed E-state index contributed by atoms with van der Waals surface area (Å²) >= 11 is 0. The fourth-order valence-corrected chi connectivity index (χ4v) is 1.85. The summed E-state index contributed by atoms with van der Waals surface area (Å²) in [6.45, 7) is 1.08. The number of urea groups is 1. The van der Waals surface area contributed by atoms with Crippen molar-refractivity contribution in [3.63, 3.8) is 0 Å². The molecule has 8 heteroatoms. The number of nitrogens with zero attached hydrogens (tertiary/aromatic N) is 1. The summed E-state index contributed by atoms with van der Waals surface area (Å²) in [4.78, 5) is 29.4. The Bertz CT molecular complexity index is 428. The third-order valence-corrected chi connectivity index (χ3v) is 2.85. The van der Waals surface area contributed by atoms with E-state index in [1.54, 1.807) is 0 Å². The molecule has 8 nitrogen and oxygen atoms in total. The molecular formula is C11H16N4O4. The van der Waals surface area contributed by atoms with Crippen LogP contribution in [0.3, 0.4) is 0 Å². The van der Waals surface area contributed by atoms with Gasteiger partial charge in [-0.2, -0.15) is 0 Å². The van der Waals surface area contributed by atoms with Gasteiger partial charge in [-0.05, 0) is 6.42 Å². The fourth-order valence-electron chi connectivity index (χ4n) is 1.85. The van der Waals surface area contributed by atoms with Crippen molar-refractivity contribution in [3.05, 3.63) is 18.2 Å². The molecule has 2 atom stereocenters. The van der Waals surface area contributed by atoms with Crippen molar-refractivity contribution in [2.24, 2.45) is 0 Å². The van der Waals surface area contributed by atoms with E-state index < -0.39 is 18.0 Å². The van der Waals surface area contributed by atoms with E-state index >= 15 is 0 Å². The lowest BCUT2D eigenvalue weighted by Gasteiger charge is -2.16. The summed E-state index contributed by atoms with van der Waals surface area (Å²) in [6, 6.07) is -1.55. The molecule has 0 bridgehead atoms. The maximum atomic E-state index is 11.7. The molecule has 1 unspecified atom stereocenters. The largest absolute Gasteiger partial charge is 0.480 e. The Morgan fingerprint density at radius 2 is 2.47 bits per heavy atom. The van der Waals surface area contributed by atoms with E-state index in [1.807, 2.05) is 0 Å². The highest BCUT2D eigenvalue weighted by atomic mass is 16.5. The number of rotatable bonds is 5. The summed E-state index contributed by atoms with van der Waals surface area (Å²) < 4.78 is 5.12. The molecule has 2 rings (SSSR count). The Morgan fingerprint density at radius 1 is 1.63 bits per heavy atom. The normalized spacial score (nSPS) is 19.9. The van der Waals surface area contributed by atoms with Gasteiger partial charge in [-0.25, -0.2) is 14.6 Å². The number of aromatic nitrogens is 2. The number of carboxylic acid groups (broad SMARTS) is 1. The molecule has 19 heavy (non-hydrogen) atoms. The van der Waals surface area contributed by atoms with Gasteiger partial charge in [0.05, 0.1) is 19.0 Å². The fraction of sp³-hybridized carbons (Fsp3) is 0.545. The van der Waals surface area contributed by atoms with Crippen LogP contribution in [-0.4, -0.2) is 52.4 Å². The maximum Gasteiger partial charge on any atom is 0.326 e. The standard InChI is InChI=1S/C11H16N4O4/c16-10(17)9(3-8-4-12-6-13-8)15-11(18)14-7-1-2-19-5-7/h4,6-7,9H,1-3,5H2,(H,12,13)(H,16,17)(H2,14,15,18)/t7?,9-/m0/s1. The highest BCUT2D eigenvalue weighted by molar-refractivity contribution is 5.82. The molecule has 1 aliphatic heterocycles. The lowest BCUT2D eigenvalue weighted by Crippen LogP contribution is -2.50. The second-order valence-electron chi connectivity index (χ2n) is 4.35. The third-order valence-electron chi connectivity index (χ3n) is 2.85. The summed E-state index contributed by atoms with van der Waals surface area (Å²) in [5.41, 5.74) is 0.650. The van der Waals surface area contributed by atoms with Gasteiger partial charge < -0.3 is 25.5 Å². The number of hydrogen-bond acceptors (Lipinski definition) is 4. The maximum absolute atomic E-state index is 11.7. The van der Waals surface area contributed by atoms with Crippen molar-refractivity contribution in [1.82, 2.24) is 20.6 Å². The zero-order valence-corrected chi connectivity index (χ0v) is 10.3. The average Bonchev–Trinajstić information content (AvgIpc) is 3.00. The van der Waals surface area contributed by atoms with E-state index in [1.165, 1.54) is 12.5 Å². The number of carbonyl (C=O) groups excluding carboxylic acids is 1. The van der Waals surface area contributed by atoms with Crippen LogP contribution >= 0.6 is 0 Å². The highest BCUT2D eigenvalue weighted by Gasteiger charge is 2.23.